The molecule has 0 bridgehead atoms. The van der Waals surface area contributed by atoms with Gasteiger partial charge in [-0.05, 0) is 110 Å². The van der Waals surface area contributed by atoms with E-state index in [2.05, 4.69) is 52.2 Å². The first-order valence-electron chi connectivity index (χ1n) is 15.1. The molecule has 0 saturated carbocycles. The standard InChI is InChI=1S/C36H40F2O2.C2H6.H2/c1-6-24(5)32(22-25(7-2)8-3)30(9-4)28-17-13-26(14-18-28)16-20-35(39)31-12-10-11-29(36(31)40)21-27-15-19-33(37)34(38)23-27;1-2;/h7-12,15,17,19,22-23,26,29H,2-3,6,13-14,16,18,20-21H2,1,4-5H3;1-2H3;1H/b30-9-,32-24-;;. The molecule has 2 atom stereocenters. The van der Waals surface area contributed by atoms with Gasteiger partial charge in [-0.25, -0.2) is 8.78 Å². The fourth-order valence-electron chi connectivity index (χ4n) is 5.33. The van der Waals surface area contributed by atoms with Crippen molar-refractivity contribution in [2.24, 2.45) is 11.8 Å². The molecular weight excluding hydrogens is 526 g/mol. The summed E-state index contributed by atoms with van der Waals surface area (Å²) in [6.45, 7) is 18.2. The summed E-state index contributed by atoms with van der Waals surface area (Å²) in [5, 5.41) is 0. The van der Waals surface area contributed by atoms with E-state index in [1.165, 1.54) is 28.4 Å². The quantitative estimate of drug-likeness (QED) is 0.184. The summed E-state index contributed by atoms with van der Waals surface area (Å²) in [4.78, 5) is 26.1. The predicted octanol–water partition coefficient (Wildman–Crippen LogP) is 10.5. The van der Waals surface area contributed by atoms with Crippen molar-refractivity contribution in [2.75, 3.05) is 0 Å². The summed E-state index contributed by atoms with van der Waals surface area (Å²) < 4.78 is 26.9. The molecule has 0 amide bonds. The third-order valence-corrected chi connectivity index (χ3v) is 7.95. The molecule has 0 radical (unpaired) electrons. The van der Waals surface area contributed by atoms with Gasteiger partial charge in [-0.15, -0.1) is 0 Å². The molecular formula is C38H48F2O2. The van der Waals surface area contributed by atoms with Crippen molar-refractivity contribution in [3.8, 4) is 0 Å². The van der Waals surface area contributed by atoms with Crippen LogP contribution in [-0.2, 0) is 16.0 Å². The van der Waals surface area contributed by atoms with Gasteiger partial charge >= 0.3 is 0 Å². The topological polar surface area (TPSA) is 34.1 Å². The van der Waals surface area contributed by atoms with E-state index in [1.54, 1.807) is 18.2 Å². The predicted molar refractivity (Wildman–Crippen MR) is 174 cm³/mol. The number of rotatable bonds is 12. The van der Waals surface area contributed by atoms with Crippen molar-refractivity contribution in [3.05, 3.63) is 131 Å². The Kier molecular flexibility index (Phi) is 14.3. The zero-order valence-electron chi connectivity index (χ0n) is 25.9. The minimum absolute atomic E-state index is 0. The Labute approximate surface area is 253 Å². The maximum atomic E-state index is 13.6. The van der Waals surface area contributed by atoms with Crippen LogP contribution in [0.25, 0.3) is 0 Å². The molecule has 0 aliphatic heterocycles. The number of hydrogen-bond acceptors (Lipinski definition) is 2. The van der Waals surface area contributed by atoms with Crippen LogP contribution in [0, 0.1) is 23.5 Å². The zero-order valence-corrected chi connectivity index (χ0v) is 25.9. The fraction of sp³-hybridized carbons (Fsp3) is 0.368. The highest BCUT2D eigenvalue weighted by atomic mass is 19.2. The van der Waals surface area contributed by atoms with E-state index in [1.807, 2.05) is 26.0 Å². The molecule has 2 unspecified atom stereocenters. The number of ketones is 2. The minimum Gasteiger partial charge on any atom is -0.294 e. The Morgan fingerprint density at radius 1 is 1.14 bits per heavy atom. The molecule has 0 heterocycles. The molecule has 3 rings (SSSR count). The Balaban J connectivity index is 0.00000302. The number of Topliss-reactive ketones (excluding diaryl/α,β-unsaturated/α-hetero) is 2. The first-order chi connectivity index (χ1) is 20.2. The van der Waals surface area contributed by atoms with E-state index in [0.29, 0.717) is 17.9 Å². The molecule has 0 N–H and O–H groups in total. The summed E-state index contributed by atoms with van der Waals surface area (Å²) in [7, 11) is 0. The lowest BCUT2D eigenvalue weighted by molar-refractivity contribution is -0.123. The monoisotopic (exact) mass is 574 g/mol. The highest BCUT2D eigenvalue weighted by Crippen LogP contribution is 2.36. The van der Waals surface area contributed by atoms with E-state index in [0.717, 1.165) is 49.8 Å². The fourth-order valence-corrected chi connectivity index (χ4v) is 5.33. The summed E-state index contributed by atoms with van der Waals surface area (Å²) >= 11 is 0. The second kappa shape index (κ2) is 17.3. The van der Waals surface area contributed by atoms with E-state index in [9.17, 15) is 18.4 Å². The molecule has 1 aromatic rings. The molecule has 0 aromatic heterocycles. The van der Waals surface area contributed by atoms with Crippen LogP contribution in [0.3, 0.4) is 0 Å². The second-order valence-corrected chi connectivity index (χ2v) is 10.5. The first kappa shape index (κ1) is 34.5. The molecule has 2 nitrogen and oxygen atoms in total. The normalized spacial score (nSPS) is 19.0. The van der Waals surface area contributed by atoms with Crippen molar-refractivity contribution in [3.63, 3.8) is 0 Å². The van der Waals surface area contributed by atoms with E-state index >= 15 is 0 Å². The SMILES string of the molecule is C=CC(C=C)=CC(/C(=C\C)C1=CCC(CCC(=O)C2=CC=CC(Cc3ccc(F)c(F)c3)C2=O)CC1)=C(\C)CC.CC.[HH]. The van der Waals surface area contributed by atoms with Gasteiger partial charge in [0.1, 0.15) is 0 Å². The third-order valence-electron chi connectivity index (χ3n) is 7.95. The zero-order chi connectivity index (χ0) is 31.2. The Morgan fingerprint density at radius 2 is 1.86 bits per heavy atom. The number of carbonyl (C=O) groups is 2. The van der Waals surface area contributed by atoms with Gasteiger partial charge in [0.15, 0.2) is 23.2 Å². The lowest BCUT2D eigenvalue weighted by Crippen LogP contribution is -2.24. The van der Waals surface area contributed by atoms with E-state index in [-0.39, 0.29) is 25.0 Å². The Hall–Kier alpha value is -3.66. The average Bonchev–Trinajstić information content (AvgIpc) is 3.02. The van der Waals surface area contributed by atoms with Gasteiger partial charge in [0.05, 0.1) is 5.57 Å². The summed E-state index contributed by atoms with van der Waals surface area (Å²) in [6.07, 6.45) is 20.3. The second-order valence-electron chi connectivity index (χ2n) is 10.5. The largest absolute Gasteiger partial charge is 0.294 e. The van der Waals surface area contributed by atoms with Gasteiger partial charge in [-0.2, -0.15) is 0 Å². The van der Waals surface area contributed by atoms with Crippen LogP contribution in [-0.4, -0.2) is 11.6 Å². The maximum absolute atomic E-state index is 13.6. The number of halogens is 2. The molecule has 0 fully saturated rings. The van der Waals surface area contributed by atoms with Crippen LogP contribution in [0.5, 0.6) is 0 Å². The Morgan fingerprint density at radius 3 is 2.43 bits per heavy atom. The summed E-state index contributed by atoms with van der Waals surface area (Å²) in [5.41, 5.74) is 6.81. The molecule has 2 aliphatic carbocycles. The van der Waals surface area contributed by atoms with Crippen LogP contribution in [0.2, 0.25) is 0 Å². The number of benzene rings is 1. The van der Waals surface area contributed by atoms with Crippen LogP contribution >= 0.6 is 0 Å². The third kappa shape index (κ3) is 9.17. The van der Waals surface area contributed by atoms with Gasteiger partial charge in [-0.3, -0.25) is 9.59 Å². The van der Waals surface area contributed by atoms with Crippen LogP contribution < -0.4 is 0 Å². The van der Waals surface area contributed by atoms with E-state index < -0.39 is 17.6 Å². The van der Waals surface area contributed by atoms with Gasteiger partial charge < -0.3 is 0 Å². The van der Waals surface area contributed by atoms with Gasteiger partial charge in [-0.1, -0.05) is 82.0 Å². The highest BCUT2D eigenvalue weighted by Gasteiger charge is 2.28. The molecule has 0 saturated heterocycles. The highest BCUT2D eigenvalue weighted by molar-refractivity contribution is 6.22. The number of hydrogen-bond donors (Lipinski definition) is 0. The molecule has 2 aliphatic rings. The van der Waals surface area contributed by atoms with Gasteiger partial charge in [0.25, 0.3) is 0 Å². The molecule has 1 aromatic carbocycles. The van der Waals surface area contributed by atoms with Crippen molar-refractivity contribution >= 4 is 11.6 Å². The minimum atomic E-state index is -0.940. The lowest BCUT2D eigenvalue weighted by atomic mass is 9.80. The van der Waals surface area contributed by atoms with Crippen LogP contribution in [0.1, 0.15) is 80.1 Å². The van der Waals surface area contributed by atoms with Crippen LogP contribution in [0.4, 0.5) is 8.78 Å². The van der Waals surface area contributed by atoms with E-state index in [4.69, 9.17) is 0 Å². The molecule has 226 valence electrons. The van der Waals surface area contributed by atoms with Crippen molar-refractivity contribution in [2.45, 2.75) is 79.6 Å². The summed E-state index contributed by atoms with van der Waals surface area (Å²) in [6, 6.07) is 3.64. The molecule has 42 heavy (non-hydrogen) atoms. The number of carbonyl (C=O) groups excluding carboxylic acids is 2. The van der Waals surface area contributed by atoms with Crippen molar-refractivity contribution in [1.82, 2.24) is 0 Å². The van der Waals surface area contributed by atoms with Gasteiger partial charge in [0.2, 0.25) is 0 Å². The van der Waals surface area contributed by atoms with Crippen LogP contribution in [0.15, 0.2) is 113 Å². The average molecular weight is 575 g/mol. The van der Waals surface area contributed by atoms with Gasteiger partial charge in [0, 0.05) is 13.8 Å². The van der Waals surface area contributed by atoms with Crippen molar-refractivity contribution in [1.29, 1.82) is 0 Å². The lowest BCUT2D eigenvalue weighted by Gasteiger charge is -2.25. The first-order valence-corrected chi connectivity index (χ1v) is 15.1. The smallest absolute Gasteiger partial charge is 0.173 e. The summed E-state index contributed by atoms with van der Waals surface area (Å²) in [5.74, 6) is -2.44. The molecule has 0 spiro atoms. The van der Waals surface area contributed by atoms with Crippen molar-refractivity contribution < 1.29 is 19.8 Å². The number of allylic oxidation sites excluding steroid dienone is 14. The maximum Gasteiger partial charge on any atom is 0.173 e. The molecule has 4 heteroatoms. The Bertz CT molecular complexity index is 1340.